The van der Waals surface area contributed by atoms with Crippen LogP contribution in [0.2, 0.25) is 5.02 Å². The molecule has 0 fully saturated rings. The molecule has 0 aliphatic rings. The molecular formula is C24H21ClN2O3. The van der Waals surface area contributed by atoms with Gasteiger partial charge in [0, 0.05) is 16.3 Å². The average Bonchev–Trinajstić information content (AvgIpc) is 3.13. The maximum atomic E-state index is 12.8. The molecule has 0 radical (unpaired) electrons. The number of carbonyl (C=O) groups is 1. The first-order valence-corrected chi connectivity index (χ1v) is 9.92. The third kappa shape index (κ3) is 4.31. The van der Waals surface area contributed by atoms with Gasteiger partial charge in [-0.3, -0.25) is 4.79 Å². The fourth-order valence-corrected chi connectivity index (χ4v) is 3.08. The quantitative estimate of drug-likeness (QED) is 0.414. The Kier molecular flexibility index (Phi) is 5.22. The highest BCUT2D eigenvalue weighted by Crippen LogP contribution is 2.27. The third-order valence-corrected chi connectivity index (χ3v) is 4.93. The summed E-state index contributed by atoms with van der Waals surface area (Å²) in [5.41, 5.74) is 2.92. The summed E-state index contributed by atoms with van der Waals surface area (Å²) in [4.78, 5) is 17.4. The minimum atomic E-state index is -1.08. The normalized spacial score (nSPS) is 11.5. The lowest BCUT2D eigenvalue weighted by Crippen LogP contribution is -2.42. The summed E-state index contributed by atoms with van der Waals surface area (Å²) in [6, 6.07) is 20.2. The molecule has 1 amide bonds. The molecule has 3 aromatic carbocycles. The highest BCUT2D eigenvalue weighted by molar-refractivity contribution is 6.30. The maximum Gasteiger partial charge on any atom is 0.267 e. The molecule has 1 N–H and O–H groups in total. The first-order valence-electron chi connectivity index (χ1n) is 9.54. The lowest BCUT2D eigenvalue weighted by Gasteiger charge is -2.25. The summed E-state index contributed by atoms with van der Waals surface area (Å²) >= 11 is 5.90. The SMILES string of the molecule is Cc1ccc(-c2nc3cc(NC(=O)C(C)(C)Oc4ccc(Cl)cc4)ccc3o2)cc1. The molecule has 0 atom stereocenters. The molecule has 30 heavy (non-hydrogen) atoms. The van der Waals surface area contributed by atoms with Crippen molar-refractivity contribution in [3.63, 3.8) is 0 Å². The van der Waals surface area contributed by atoms with Gasteiger partial charge in [0.25, 0.3) is 5.91 Å². The third-order valence-electron chi connectivity index (χ3n) is 4.68. The molecule has 1 aromatic heterocycles. The van der Waals surface area contributed by atoms with Gasteiger partial charge in [-0.15, -0.1) is 0 Å². The Morgan fingerprint density at radius 2 is 1.73 bits per heavy atom. The number of aromatic nitrogens is 1. The fourth-order valence-electron chi connectivity index (χ4n) is 2.95. The molecule has 0 aliphatic heterocycles. The number of nitrogens with zero attached hydrogens (tertiary/aromatic N) is 1. The van der Waals surface area contributed by atoms with Crippen LogP contribution in [0.5, 0.6) is 5.75 Å². The summed E-state index contributed by atoms with van der Waals surface area (Å²) in [5.74, 6) is 0.827. The van der Waals surface area contributed by atoms with Gasteiger partial charge in [-0.2, -0.15) is 0 Å². The molecule has 4 aromatic rings. The van der Waals surface area contributed by atoms with Crippen LogP contribution < -0.4 is 10.1 Å². The minimum absolute atomic E-state index is 0.279. The molecule has 0 unspecified atom stereocenters. The Morgan fingerprint density at radius 3 is 2.43 bits per heavy atom. The highest BCUT2D eigenvalue weighted by atomic mass is 35.5. The van der Waals surface area contributed by atoms with Crippen LogP contribution in [0.3, 0.4) is 0 Å². The largest absolute Gasteiger partial charge is 0.478 e. The van der Waals surface area contributed by atoms with Gasteiger partial charge in [-0.25, -0.2) is 4.98 Å². The van der Waals surface area contributed by atoms with Crippen molar-refractivity contribution in [3.05, 3.63) is 77.3 Å². The number of halogens is 1. The number of hydrogen-bond acceptors (Lipinski definition) is 4. The van der Waals surface area contributed by atoms with E-state index in [9.17, 15) is 4.79 Å². The number of carbonyl (C=O) groups excluding carboxylic acids is 1. The second-order valence-corrected chi connectivity index (χ2v) is 8.02. The second kappa shape index (κ2) is 7.84. The van der Waals surface area contributed by atoms with Gasteiger partial charge in [0.1, 0.15) is 11.3 Å². The number of hydrogen-bond donors (Lipinski definition) is 1. The number of oxazole rings is 1. The smallest absolute Gasteiger partial charge is 0.267 e. The molecule has 5 nitrogen and oxygen atoms in total. The van der Waals surface area contributed by atoms with Gasteiger partial charge in [0.2, 0.25) is 5.89 Å². The van der Waals surface area contributed by atoms with E-state index in [4.69, 9.17) is 20.8 Å². The number of fused-ring (bicyclic) bond motifs is 1. The van der Waals surface area contributed by atoms with E-state index >= 15 is 0 Å². The Labute approximate surface area is 179 Å². The van der Waals surface area contributed by atoms with E-state index < -0.39 is 5.60 Å². The molecule has 1 heterocycles. The summed E-state index contributed by atoms with van der Waals surface area (Å²) < 4.78 is 11.7. The Hall–Kier alpha value is -3.31. The lowest BCUT2D eigenvalue weighted by molar-refractivity contribution is -0.128. The number of aryl methyl sites for hydroxylation is 1. The summed E-state index contributed by atoms with van der Waals surface area (Å²) in [5, 5.41) is 3.50. The Morgan fingerprint density at radius 1 is 1.03 bits per heavy atom. The lowest BCUT2D eigenvalue weighted by atomic mass is 10.1. The van der Waals surface area contributed by atoms with Crippen molar-refractivity contribution in [2.45, 2.75) is 26.4 Å². The van der Waals surface area contributed by atoms with E-state index in [0.29, 0.717) is 33.4 Å². The van der Waals surface area contributed by atoms with Crippen LogP contribution in [0.15, 0.2) is 71.1 Å². The average molecular weight is 421 g/mol. The zero-order valence-corrected chi connectivity index (χ0v) is 17.7. The van der Waals surface area contributed by atoms with Crippen LogP contribution in [0.4, 0.5) is 5.69 Å². The van der Waals surface area contributed by atoms with Gasteiger partial charge in [-0.05, 0) is 75.4 Å². The number of anilines is 1. The molecule has 0 spiro atoms. The molecule has 0 bridgehead atoms. The maximum absolute atomic E-state index is 12.8. The number of ether oxygens (including phenoxy) is 1. The zero-order chi connectivity index (χ0) is 21.3. The molecular weight excluding hydrogens is 400 g/mol. The van der Waals surface area contributed by atoms with Crippen molar-refractivity contribution in [1.29, 1.82) is 0 Å². The van der Waals surface area contributed by atoms with Crippen molar-refractivity contribution >= 4 is 34.3 Å². The number of rotatable bonds is 5. The van der Waals surface area contributed by atoms with E-state index in [2.05, 4.69) is 10.3 Å². The van der Waals surface area contributed by atoms with E-state index in [1.54, 1.807) is 56.3 Å². The monoisotopic (exact) mass is 420 g/mol. The summed E-state index contributed by atoms with van der Waals surface area (Å²) in [6.45, 7) is 5.45. The van der Waals surface area contributed by atoms with Crippen LogP contribution in [0.25, 0.3) is 22.6 Å². The molecule has 6 heteroatoms. The van der Waals surface area contributed by atoms with E-state index in [-0.39, 0.29) is 5.91 Å². The molecule has 0 aliphatic carbocycles. The van der Waals surface area contributed by atoms with Gasteiger partial charge < -0.3 is 14.5 Å². The highest BCUT2D eigenvalue weighted by Gasteiger charge is 2.30. The van der Waals surface area contributed by atoms with Gasteiger partial charge >= 0.3 is 0 Å². The Bertz CT molecular complexity index is 1200. The summed E-state index contributed by atoms with van der Waals surface area (Å²) in [6.07, 6.45) is 0. The molecule has 0 saturated heterocycles. The van der Waals surface area contributed by atoms with Crippen LogP contribution >= 0.6 is 11.6 Å². The number of amides is 1. The van der Waals surface area contributed by atoms with Crippen molar-refractivity contribution in [3.8, 4) is 17.2 Å². The fraction of sp³-hybridized carbons (Fsp3) is 0.167. The van der Waals surface area contributed by atoms with Crippen LogP contribution in [0, 0.1) is 6.92 Å². The van der Waals surface area contributed by atoms with Crippen molar-refractivity contribution in [2.24, 2.45) is 0 Å². The predicted molar refractivity (Wildman–Crippen MR) is 119 cm³/mol. The molecule has 4 rings (SSSR count). The van der Waals surface area contributed by atoms with Gasteiger partial charge in [-0.1, -0.05) is 29.3 Å². The van der Waals surface area contributed by atoms with Crippen LogP contribution in [-0.4, -0.2) is 16.5 Å². The van der Waals surface area contributed by atoms with Gasteiger partial charge in [0.05, 0.1) is 0 Å². The second-order valence-electron chi connectivity index (χ2n) is 7.59. The molecule has 0 saturated carbocycles. The molecule has 152 valence electrons. The Balaban J connectivity index is 1.52. The van der Waals surface area contributed by atoms with E-state index in [1.165, 1.54) is 5.56 Å². The number of benzene rings is 3. The van der Waals surface area contributed by atoms with Crippen LogP contribution in [0.1, 0.15) is 19.4 Å². The van der Waals surface area contributed by atoms with Crippen LogP contribution in [-0.2, 0) is 4.79 Å². The standard InChI is InChI=1S/C24H21ClN2O3/c1-15-4-6-16(7-5-15)22-27-20-14-18(10-13-21(20)29-22)26-23(28)24(2,3)30-19-11-8-17(25)9-12-19/h4-14H,1-3H3,(H,26,28). The van der Waals surface area contributed by atoms with Crippen molar-refractivity contribution in [1.82, 2.24) is 4.98 Å². The topological polar surface area (TPSA) is 64.4 Å². The van der Waals surface area contributed by atoms with Crippen molar-refractivity contribution < 1.29 is 13.9 Å². The minimum Gasteiger partial charge on any atom is -0.478 e. The van der Waals surface area contributed by atoms with E-state index in [1.807, 2.05) is 31.2 Å². The summed E-state index contributed by atoms with van der Waals surface area (Å²) in [7, 11) is 0. The first-order chi connectivity index (χ1) is 14.3. The predicted octanol–water partition coefficient (Wildman–Crippen LogP) is 6.25. The zero-order valence-electron chi connectivity index (χ0n) is 16.9. The number of nitrogens with one attached hydrogen (secondary N) is 1. The van der Waals surface area contributed by atoms with Crippen molar-refractivity contribution in [2.75, 3.05) is 5.32 Å². The van der Waals surface area contributed by atoms with Gasteiger partial charge in [0.15, 0.2) is 11.2 Å². The van der Waals surface area contributed by atoms with E-state index in [0.717, 1.165) is 5.56 Å². The first kappa shape index (κ1) is 20.0.